The second kappa shape index (κ2) is 9.95. The minimum atomic E-state index is -4.76. The molecule has 184 valence electrons. The SMILES string of the molecule is COc1cc(C(=O)N2CC[C@]3(c4ccccn4)OCO[C@@H]3C2)cc(Cl)c1OCCOC(F)(F)F. The van der Waals surface area contributed by atoms with Gasteiger partial charge >= 0.3 is 6.36 Å². The number of piperidine rings is 1. The first-order chi connectivity index (χ1) is 16.2. The minimum absolute atomic E-state index is 0.0202. The summed E-state index contributed by atoms with van der Waals surface area (Å²) >= 11 is 6.26. The van der Waals surface area contributed by atoms with Gasteiger partial charge in [-0.1, -0.05) is 17.7 Å². The molecule has 3 heterocycles. The normalized spacial score (nSPS) is 22.4. The molecular weight excluding hydrogens is 481 g/mol. The zero-order chi connectivity index (χ0) is 24.3. The Balaban J connectivity index is 1.46. The zero-order valence-corrected chi connectivity index (χ0v) is 18.9. The lowest BCUT2D eigenvalue weighted by atomic mass is 9.85. The van der Waals surface area contributed by atoms with E-state index in [2.05, 4.69) is 9.72 Å². The number of methoxy groups -OCH3 is 1. The van der Waals surface area contributed by atoms with Crippen molar-refractivity contribution in [2.24, 2.45) is 0 Å². The molecule has 0 saturated carbocycles. The number of rotatable bonds is 7. The Kier molecular flexibility index (Phi) is 7.17. The predicted molar refractivity (Wildman–Crippen MR) is 113 cm³/mol. The van der Waals surface area contributed by atoms with Crippen LogP contribution >= 0.6 is 11.6 Å². The molecule has 0 N–H and O–H groups in total. The summed E-state index contributed by atoms with van der Waals surface area (Å²) in [5.41, 5.74) is 0.277. The van der Waals surface area contributed by atoms with E-state index in [-0.39, 0.29) is 41.3 Å². The summed E-state index contributed by atoms with van der Waals surface area (Å²) in [6.45, 7) is -0.361. The average Bonchev–Trinajstić information content (AvgIpc) is 3.26. The van der Waals surface area contributed by atoms with Crippen molar-refractivity contribution in [1.29, 1.82) is 0 Å². The van der Waals surface area contributed by atoms with Gasteiger partial charge in [0.05, 0.1) is 31.0 Å². The van der Waals surface area contributed by atoms with Gasteiger partial charge in [-0.3, -0.25) is 14.5 Å². The molecular formula is C22H22ClF3N2O6. The summed E-state index contributed by atoms with van der Waals surface area (Å²) in [5.74, 6) is -0.174. The van der Waals surface area contributed by atoms with Gasteiger partial charge in [-0.15, -0.1) is 13.2 Å². The third-order valence-corrected chi connectivity index (χ3v) is 5.98. The van der Waals surface area contributed by atoms with Crippen LogP contribution in [-0.4, -0.2) is 68.5 Å². The predicted octanol–water partition coefficient (Wildman–Crippen LogP) is 3.77. The first kappa shape index (κ1) is 24.5. The fourth-order valence-corrected chi connectivity index (χ4v) is 4.37. The van der Waals surface area contributed by atoms with Crippen LogP contribution < -0.4 is 9.47 Å². The number of likely N-dealkylation sites (tertiary alicyclic amines) is 1. The number of halogens is 4. The Hall–Kier alpha value is -2.60. The smallest absolute Gasteiger partial charge is 0.493 e. The lowest BCUT2D eigenvalue weighted by molar-refractivity contribution is -0.325. The molecule has 8 nitrogen and oxygen atoms in total. The van der Waals surface area contributed by atoms with Crippen molar-refractivity contribution in [2.45, 2.75) is 24.5 Å². The number of aromatic nitrogens is 1. The highest BCUT2D eigenvalue weighted by atomic mass is 35.5. The van der Waals surface area contributed by atoms with Gasteiger partial charge in [0.15, 0.2) is 11.5 Å². The van der Waals surface area contributed by atoms with Crippen molar-refractivity contribution in [3.63, 3.8) is 0 Å². The average molecular weight is 503 g/mol. The third kappa shape index (κ3) is 5.07. The Labute approximate surface area is 198 Å². The van der Waals surface area contributed by atoms with Crippen LogP contribution in [0.1, 0.15) is 22.5 Å². The lowest BCUT2D eigenvalue weighted by Gasteiger charge is -2.41. The van der Waals surface area contributed by atoms with Crippen molar-refractivity contribution in [3.05, 3.63) is 52.8 Å². The molecule has 2 saturated heterocycles. The number of pyridine rings is 1. The molecule has 2 fully saturated rings. The maximum Gasteiger partial charge on any atom is 0.522 e. The quantitative estimate of drug-likeness (QED) is 0.533. The van der Waals surface area contributed by atoms with Crippen LogP contribution in [0, 0.1) is 0 Å². The van der Waals surface area contributed by atoms with Crippen LogP contribution in [0.3, 0.4) is 0 Å². The zero-order valence-electron chi connectivity index (χ0n) is 18.1. The van der Waals surface area contributed by atoms with Crippen LogP contribution in [0.15, 0.2) is 36.5 Å². The van der Waals surface area contributed by atoms with E-state index < -0.39 is 31.3 Å². The van der Waals surface area contributed by atoms with Crippen LogP contribution in [0.5, 0.6) is 11.5 Å². The van der Waals surface area contributed by atoms with E-state index in [9.17, 15) is 18.0 Å². The molecule has 0 bridgehead atoms. The van der Waals surface area contributed by atoms with E-state index in [1.165, 1.54) is 19.2 Å². The Morgan fingerprint density at radius 3 is 2.85 bits per heavy atom. The summed E-state index contributed by atoms with van der Waals surface area (Å²) in [5, 5.41) is 0.0231. The number of alkyl halides is 3. The molecule has 2 aromatic rings. The third-order valence-electron chi connectivity index (χ3n) is 5.70. The van der Waals surface area contributed by atoms with Gasteiger partial charge in [0.1, 0.15) is 25.1 Å². The van der Waals surface area contributed by atoms with Gasteiger partial charge in [0.25, 0.3) is 5.91 Å². The van der Waals surface area contributed by atoms with E-state index in [4.69, 9.17) is 30.5 Å². The van der Waals surface area contributed by atoms with Crippen molar-refractivity contribution >= 4 is 17.5 Å². The summed E-state index contributed by atoms with van der Waals surface area (Å²) in [7, 11) is 1.34. The summed E-state index contributed by atoms with van der Waals surface area (Å²) < 4.78 is 62.4. The van der Waals surface area contributed by atoms with Crippen LogP contribution in [0.4, 0.5) is 13.2 Å². The molecule has 34 heavy (non-hydrogen) atoms. The second-order valence-corrected chi connectivity index (χ2v) is 8.06. The number of fused-ring (bicyclic) bond motifs is 1. The van der Waals surface area contributed by atoms with E-state index in [0.29, 0.717) is 13.0 Å². The highest BCUT2D eigenvalue weighted by Crippen LogP contribution is 2.42. The summed E-state index contributed by atoms with van der Waals surface area (Å²) in [6, 6.07) is 8.39. The number of amides is 1. The Morgan fingerprint density at radius 1 is 1.32 bits per heavy atom. The van der Waals surface area contributed by atoms with Crippen molar-refractivity contribution in [1.82, 2.24) is 9.88 Å². The Morgan fingerprint density at radius 2 is 2.15 bits per heavy atom. The van der Waals surface area contributed by atoms with Crippen LogP contribution in [0.25, 0.3) is 0 Å². The van der Waals surface area contributed by atoms with Crippen molar-refractivity contribution < 1.29 is 41.7 Å². The molecule has 0 aliphatic carbocycles. The summed E-state index contributed by atoms with van der Waals surface area (Å²) in [4.78, 5) is 19.3. The van der Waals surface area contributed by atoms with E-state index in [0.717, 1.165) is 5.69 Å². The molecule has 0 unspecified atom stereocenters. The maximum atomic E-state index is 13.2. The lowest BCUT2D eigenvalue weighted by Crippen LogP contribution is -2.53. The highest BCUT2D eigenvalue weighted by molar-refractivity contribution is 6.32. The van der Waals surface area contributed by atoms with Gasteiger partial charge in [0, 0.05) is 24.7 Å². The fraction of sp³-hybridized carbons (Fsp3) is 0.455. The standard InChI is InChI=1S/C22H22ClF3N2O6/c1-30-16-11-14(10-15(23)19(16)31-8-9-33-22(24,25)26)20(29)28-7-5-21(17-4-2-3-6-27-17)18(12-28)32-13-34-21/h2-4,6,10-11,18H,5,7-9,12-13H2,1H3/t18-,21-/m1/s1. The van der Waals surface area contributed by atoms with Crippen molar-refractivity contribution in [3.8, 4) is 11.5 Å². The Bertz CT molecular complexity index is 1030. The topological polar surface area (TPSA) is 79.4 Å². The molecule has 1 aromatic heterocycles. The van der Waals surface area contributed by atoms with Gasteiger partial charge in [-0.25, -0.2) is 0 Å². The number of benzene rings is 1. The monoisotopic (exact) mass is 502 g/mol. The van der Waals surface area contributed by atoms with E-state index in [1.807, 2.05) is 18.2 Å². The van der Waals surface area contributed by atoms with Gasteiger partial charge in [-0.05, 0) is 24.3 Å². The number of carbonyl (C=O) groups is 1. The van der Waals surface area contributed by atoms with E-state index >= 15 is 0 Å². The molecule has 0 spiro atoms. The van der Waals surface area contributed by atoms with Crippen molar-refractivity contribution in [2.75, 3.05) is 40.2 Å². The molecule has 12 heteroatoms. The number of nitrogens with zero attached hydrogens (tertiary/aromatic N) is 2. The fourth-order valence-electron chi connectivity index (χ4n) is 4.11. The van der Waals surface area contributed by atoms with Gasteiger partial charge in [0.2, 0.25) is 0 Å². The molecule has 2 atom stereocenters. The minimum Gasteiger partial charge on any atom is -0.493 e. The molecule has 1 amide bonds. The molecule has 1 aromatic carbocycles. The summed E-state index contributed by atoms with van der Waals surface area (Å²) in [6.07, 6.45) is -2.97. The van der Waals surface area contributed by atoms with Gasteiger partial charge < -0.3 is 23.8 Å². The van der Waals surface area contributed by atoms with Gasteiger partial charge in [-0.2, -0.15) is 0 Å². The number of carbonyl (C=O) groups excluding carboxylic acids is 1. The second-order valence-electron chi connectivity index (χ2n) is 7.66. The molecule has 2 aliphatic heterocycles. The first-order valence-electron chi connectivity index (χ1n) is 10.4. The number of hydrogen-bond donors (Lipinski definition) is 0. The van der Waals surface area contributed by atoms with Crippen LogP contribution in [0.2, 0.25) is 5.02 Å². The maximum absolute atomic E-state index is 13.2. The number of ether oxygens (including phenoxy) is 5. The highest BCUT2D eigenvalue weighted by Gasteiger charge is 2.52. The largest absolute Gasteiger partial charge is 0.522 e. The molecule has 4 rings (SSSR count). The molecule has 2 aliphatic rings. The molecule has 0 radical (unpaired) electrons. The van der Waals surface area contributed by atoms with E-state index in [1.54, 1.807) is 11.1 Å². The van der Waals surface area contributed by atoms with Crippen LogP contribution in [-0.2, 0) is 19.8 Å². The first-order valence-corrected chi connectivity index (χ1v) is 10.8. The number of hydrogen-bond acceptors (Lipinski definition) is 7.